The fourth-order valence-electron chi connectivity index (χ4n) is 14.1. The summed E-state index contributed by atoms with van der Waals surface area (Å²) in [6.45, 7) is 27.1. The molecule has 8 bridgehead atoms. The number of nitrogens with zero attached hydrogens (tertiary/aromatic N) is 6. The van der Waals surface area contributed by atoms with E-state index in [0.717, 1.165) is 88.9 Å². The number of hydrogen-bond donors (Lipinski definition) is 2. The lowest BCUT2D eigenvalue weighted by Crippen LogP contribution is -2.17. The lowest BCUT2D eigenvalue weighted by molar-refractivity contribution is 0.291. The quantitative estimate of drug-likeness (QED) is 0.144. The van der Waals surface area contributed by atoms with Crippen molar-refractivity contribution < 1.29 is 19.7 Å². The molecule has 0 atom stereocenters. The van der Waals surface area contributed by atoms with Gasteiger partial charge in [-0.25, -0.2) is 9.36 Å². The van der Waals surface area contributed by atoms with Crippen molar-refractivity contribution in [3.8, 4) is 34.4 Å². The molecule has 2 aromatic heterocycles. The zero-order chi connectivity index (χ0) is 63.9. The molecule has 0 saturated heterocycles. The van der Waals surface area contributed by atoms with Crippen LogP contribution in [0.5, 0.6) is 23.0 Å². The van der Waals surface area contributed by atoms with Crippen molar-refractivity contribution >= 4 is 64.6 Å². The number of benzene rings is 12. The summed E-state index contributed by atoms with van der Waals surface area (Å²) in [5.74, 6) is 1.85. The highest BCUT2D eigenvalue weighted by molar-refractivity contribution is 6.25. The Labute approximate surface area is 537 Å². The van der Waals surface area contributed by atoms with Gasteiger partial charge in [0.1, 0.15) is 47.6 Å². The second-order valence-corrected chi connectivity index (χ2v) is 30.0. The average molecular weight is 1210 g/mol. The molecule has 0 spiro atoms. The number of fused-ring (bicyclic) bond motifs is 8. The molecule has 0 unspecified atom stereocenters. The van der Waals surface area contributed by atoms with Gasteiger partial charge in [-0.15, -0.1) is 10.2 Å². The van der Waals surface area contributed by atoms with E-state index in [0.29, 0.717) is 48.6 Å². The molecule has 2 heterocycles. The van der Waals surface area contributed by atoms with Crippen molar-refractivity contribution in [1.29, 1.82) is 0 Å². The van der Waals surface area contributed by atoms with Gasteiger partial charge in [0.25, 0.3) is 0 Å². The van der Waals surface area contributed by atoms with Crippen LogP contribution in [0.4, 0.5) is 0 Å². The van der Waals surface area contributed by atoms with Gasteiger partial charge in [-0.05, 0) is 154 Å². The maximum Gasteiger partial charge on any atom is 0.134 e. The van der Waals surface area contributed by atoms with Crippen LogP contribution in [0.1, 0.15) is 161 Å². The molecule has 1 aliphatic carbocycles. The van der Waals surface area contributed by atoms with E-state index in [2.05, 4.69) is 241 Å². The van der Waals surface area contributed by atoms with E-state index in [1.54, 1.807) is 0 Å². The molecule has 0 saturated carbocycles. The Hall–Kier alpha value is -9.80. The zero-order valence-corrected chi connectivity index (χ0v) is 54.8. The maximum atomic E-state index is 12.8. The third-order valence-electron chi connectivity index (χ3n) is 19.3. The van der Waals surface area contributed by atoms with Gasteiger partial charge in [0, 0.05) is 36.5 Å². The highest BCUT2D eigenvalue weighted by Crippen LogP contribution is 2.46. The largest absolute Gasteiger partial charge is 0.507 e. The molecule has 0 aliphatic heterocycles. The van der Waals surface area contributed by atoms with Gasteiger partial charge in [-0.1, -0.05) is 239 Å². The van der Waals surface area contributed by atoms with E-state index in [9.17, 15) is 10.2 Å². The van der Waals surface area contributed by atoms with Crippen LogP contribution in [0.2, 0.25) is 0 Å². The SMILES string of the molecule is CC(C)(C)c1cc2c(O)c(c1)Cc1cc(C(C)(C)C)cc(c1OCc1cn(-c3ccc4ccc5cccc6ccc3c4c56)nn1)Cc1cc(C(C)(C)C)cc(c1OCc1cn(-c3ccc4ccc5cccc6ccc3c4c56)nn1)Cc1cc(C(C)(C)C)cc(c1O)C2. The first-order valence-electron chi connectivity index (χ1n) is 32.3. The summed E-state index contributed by atoms with van der Waals surface area (Å²) >= 11 is 0. The summed E-state index contributed by atoms with van der Waals surface area (Å²) in [5.41, 5.74) is 13.4. The Kier molecular flexibility index (Phi) is 13.6. The Morgan fingerprint density at radius 3 is 0.946 bits per heavy atom. The summed E-state index contributed by atoms with van der Waals surface area (Å²) < 4.78 is 18.5. The number of phenolic OH excluding ortho intramolecular Hbond substituents is 2. The van der Waals surface area contributed by atoms with E-state index in [1.165, 1.54) is 53.9 Å². The van der Waals surface area contributed by atoms with Gasteiger partial charge >= 0.3 is 0 Å². The van der Waals surface area contributed by atoms with E-state index >= 15 is 0 Å². The molecule has 0 radical (unpaired) electrons. The predicted molar refractivity (Wildman–Crippen MR) is 374 cm³/mol. The molecule has 10 nitrogen and oxygen atoms in total. The van der Waals surface area contributed by atoms with Crippen LogP contribution in [0, 0.1) is 0 Å². The number of ether oxygens (including phenoxy) is 2. The lowest BCUT2D eigenvalue weighted by Gasteiger charge is -2.28. The van der Waals surface area contributed by atoms with Crippen molar-refractivity contribution in [3.63, 3.8) is 0 Å². The maximum absolute atomic E-state index is 12.8. The van der Waals surface area contributed by atoms with Gasteiger partial charge in [-0.3, -0.25) is 0 Å². The first-order chi connectivity index (χ1) is 43.9. The first-order valence-corrected chi connectivity index (χ1v) is 32.3. The fraction of sp³-hybridized carbons (Fsp3) is 0.268. The Bertz CT molecular complexity index is 4900. The highest BCUT2D eigenvalue weighted by Gasteiger charge is 2.30. The molecule has 92 heavy (non-hydrogen) atoms. The van der Waals surface area contributed by atoms with Crippen LogP contribution in [0.3, 0.4) is 0 Å². The minimum absolute atomic E-state index is 0.127. The monoisotopic (exact) mass is 1210 g/mol. The van der Waals surface area contributed by atoms with Crippen molar-refractivity contribution in [3.05, 3.63) is 248 Å². The fourth-order valence-corrected chi connectivity index (χ4v) is 14.1. The number of hydrogen-bond acceptors (Lipinski definition) is 8. The molecule has 1 aliphatic rings. The Morgan fingerprint density at radius 2 is 0.620 bits per heavy atom. The highest BCUT2D eigenvalue weighted by atomic mass is 16.5. The van der Waals surface area contributed by atoms with E-state index in [-0.39, 0.29) is 46.4 Å². The van der Waals surface area contributed by atoms with Crippen LogP contribution < -0.4 is 9.47 Å². The molecule has 2 N–H and O–H groups in total. The first kappa shape index (κ1) is 58.6. The van der Waals surface area contributed by atoms with Crippen molar-refractivity contribution in [2.45, 2.75) is 144 Å². The second kappa shape index (κ2) is 21.4. The van der Waals surface area contributed by atoms with Crippen LogP contribution in [-0.4, -0.2) is 40.2 Å². The van der Waals surface area contributed by atoms with Gasteiger partial charge < -0.3 is 19.7 Å². The van der Waals surface area contributed by atoms with Crippen molar-refractivity contribution in [2.75, 3.05) is 0 Å². The van der Waals surface area contributed by atoms with Gasteiger partial charge in [0.2, 0.25) is 0 Å². The summed E-state index contributed by atoms with van der Waals surface area (Å²) in [6, 6.07) is 56.9. The minimum Gasteiger partial charge on any atom is -0.507 e. The second-order valence-electron chi connectivity index (χ2n) is 30.0. The summed E-state index contributed by atoms with van der Waals surface area (Å²) in [7, 11) is 0. The molecule has 15 rings (SSSR count). The summed E-state index contributed by atoms with van der Waals surface area (Å²) in [4.78, 5) is 0. The molecule has 0 amide bonds. The van der Waals surface area contributed by atoms with Gasteiger partial charge in [0.05, 0.1) is 23.8 Å². The number of aromatic nitrogens is 6. The summed E-state index contributed by atoms with van der Waals surface area (Å²) in [5, 5.41) is 59.2. The van der Waals surface area contributed by atoms with Crippen LogP contribution in [0.15, 0.2) is 170 Å². The lowest BCUT2D eigenvalue weighted by atomic mass is 9.79. The van der Waals surface area contributed by atoms with E-state index in [4.69, 9.17) is 30.1 Å². The number of rotatable bonds is 8. The predicted octanol–water partition coefficient (Wildman–Crippen LogP) is 19.1. The van der Waals surface area contributed by atoms with E-state index in [1.807, 2.05) is 21.8 Å². The van der Waals surface area contributed by atoms with Crippen LogP contribution in [0.25, 0.3) is 76.0 Å². The molecule has 10 heteroatoms. The third kappa shape index (κ3) is 10.4. The normalized spacial score (nSPS) is 13.4. The average Bonchev–Trinajstić information content (AvgIpc) is 0.935. The third-order valence-corrected chi connectivity index (χ3v) is 19.3. The molecular formula is C82H78N6O4. The Morgan fingerprint density at radius 1 is 0.348 bits per heavy atom. The van der Waals surface area contributed by atoms with Crippen LogP contribution >= 0.6 is 0 Å². The van der Waals surface area contributed by atoms with Crippen LogP contribution in [-0.2, 0) is 60.6 Å². The van der Waals surface area contributed by atoms with Gasteiger partial charge in [0.15, 0.2) is 0 Å². The minimum atomic E-state index is -0.282. The number of phenols is 2. The van der Waals surface area contributed by atoms with E-state index < -0.39 is 0 Å². The molecule has 460 valence electrons. The standard InChI is InChI=1S/C82H78N6O4/c1-79(2,3)61-35-53-31-54-36-62(80(4,5)6)38-56(76(54)90)33-58-40-64(82(10,11)12)42-60(78(58)92-46-66-44-88(86-84-66)70-30-26-52-22-20-48-16-14-18-50-24-28-68(70)74(52)72(48)50)34-59-41-63(81(7,8)9)39-57(32-55(37-61)75(53)89)77(59)91-45-65-43-87(85-83-65)69-29-25-51-21-19-47-15-13-17-49-23-27-67(69)73(51)71(47)49/h13-30,35-44,89-90H,31-34,45-46H2,1-12H3. The molecule has 14 aromatic rings. The van der Waals surface area contributed by atoms with Crippen molar-refractivity contribution in [1.82, 2.24) is 30.0 Å². The van der Waals surface area contributed by atoms with Gasteiger partial charge in [-0.2, -0.15) is 0 Å². The summed E-state index contributed by atoms with van der Waals surface area (Å²) in [6.07, 6.45) is 5.42. The van der Waals surface area contributed by atoms with Crippen molar-refractivity contribution in [2.24, 2.45) is 0 Å². The molecular weight excluding hydrogens is 1130 g/mol. The zero-order valence-electron chi connectivity index (χ0n) is 54.8. The number of aromatic hydroxyl groups is 2. The molecule has 12 aromatic carbocycles. The topological polar surface area (TPSA) is 120 Å². The Balaban J connectivity index is 0.893. The smallest absolute Gasteiger partial charge is 0.134 e. The molecule has 0 fully saturated rings.